The van der Waals surface area contributed by atoms with Gasteiger partial charge in [0.15, 0.2) is 0 Å². The monoisotopic (exact) mass is 305 g/mol. The lowest BCUT2D eigenvalue weighted by molar-refractivity contribution is -0.122. The molecule has 0 spiro atoms. The molecule has 3 amide bonds. The summed E-state index contributed by atoms with van der Waals surface area (Å²) in [7, 11) is 1.62. The average molecular weight is 305 g/mol. The first-order valence-electron chi connectivity index (χ1n) is 7.28. The number of ether oxygens (including phenoxy) is 1. The van der Waals surface area contributed by atoms with Crippen LogP contribution in [0.15, 0.2) is 18.2 Å². The Balaban J connectivity index is 2.29. The van der Waals surface area contributed by atoms with Gasteiger partial charge in [-0.3, -0.25) is 4.79 Å². The Hall–Kier alpha value is -2.24. The number of primary amides is 1. The molecule has 0 saturated carbocycles. The fourth-order valence-electron chi connectivity index (χ4n) is 2.68. The van der Waals surface area contributed by atoms with Crippen LogP contribution < -0.4 is 20.7 Å². The second-order valence-corrected chi connectivity index (χ2v) is 6.54. The Kier molecular flexibility index (Phi) is 4.30. The van der Waals surface area contributed by atoms with E-state index in [1.807, 2.05) is 39.0 Å². The predicted octanol–water partition coefficient (Wildman–Crippen LogP) is 1.67. The molecule has 6 heteroatoms. The smallest absolute Gasteiger partial charge is 0.312 e. The van der Waals surface area contributed by atoms with Crippen molar-refractivity contribution in [3.63, 3.8) is 0 Å². The molecule has 0 aromatic heterocycles. The van der Waals surface area contributed by atoms with E-state index in [0.717, 1.165) is 23.4 Å². The first-order valence-corrected chi connectivity index (χ1v) is 7.28. The first-order chi connectivity index (χ1) is 10.2. The summed E-state index contributed by atoms with van der Waals surface area (Å²) in [4.78, 5) is 25.8. The van der Waals surface area contributed by atoms with Gasteiger partial charge in [-0.15, -0.1) is 0 Å². The molecule has 0 radical (unpaired) electrons. The Labute approximate surface area is 130 Å². The lowest BCUT2D eigenvalue weighted by Gasteiger charge is -2.33. The van der Waals surface area contributed by atoms with Crippen molar-refractivity contribution < 1.29 is 14.3 Å². The van der Waals surface area contributed by atoms with Gasteiger partial charge in [-0.1, -0.05) is 20.8 Å². The summed E-state index contributed by atoms with van der Waals surface area (Å²) in [5.41, 5.74) is 6.73. The van der Waals surface area contributed by atoms with Crippen LogP contribution in [0.3, 0.4) is 0 Å². The zero-order valence-electron chi connectivity index (χ0n) is 13.5. The second-order valence-electron chi connectivity index (χ2n) is 6.54. The van der Waals surface area contributed by atoms with Gasteiger partial charge in [0.2, 0.25) is 5.91 Å². The molecule has 0 fully saturated rings. The van der Waals surface area contributed by atoms with Crippen LogP contribution in [0, 0.1) is 5.41 Å². The van der Waals surface area contributed by atoms with Crippen LogP contribution in [0.1, 0.15) is 26.3 Å². The highest BCUT2D eigenvalue weighted by atomic mass is 16.5. The predicted molar refractivity (Wildman–Crippen MR) is 85.0 cm³/mol. The standard InChI is InChI=1S/C16H23N3O3/c1-16(2,3)13(18-15(17)21)14(20)19-8-7-10-9-11(22-4)5-6-12(10)19/h5-6,9,13H,7-8H2,1-4H3,(H3,17,18,21)/t13-/m0/s1. The molecule has 22 heavy (non-hydrogen) atoms. The number of methoxy groups -OCH3 is 1. The number of carbonyl (C=O) groups is 2. The average Bonchev–Trinajstić information content (AvgIpc) is 2.85. The molecular weight excluding hydrogens is 282 g/mol. The maximum atomic E-state index is 12.9. The van der Waals surface area contributed by atoms with E-state index in [4.69, 9.17) is 10.5 Å². The largest absolute Gasteiger partial charge is 0.497 e. The third-order valence-corrected chi connectivity index (χ3v) is 3.85. The molecule has 1 atom stereocenters. The van der Waals surface area contributed by atoms with E-state index in [0.29, 0.717) is 6.54 Å². The molecular formula is C16H23N3O3. The van der Waals surface area contributed by atoms with E-state index in [1.165, 1.54) is 0 Å². The molecule has 3 N–H and O–H groups in total. The highest BCUT2D eigenvalue weighted by Crippen LogP contribution is 2.33. The Morgan fingerprint density at radius 2 is 2.05 bits per heavy atom. The summed E-state index contributed by atoms with van der Waals surface area (Å²) in [5.74, 6) is 0.630. The summed E-state index contributed by atoms with van der Waals surface area (Å²) in [6.07, 6.45) is 0.770. The second kappa shape index (κ2) is 5.87. The van der Waals surface area contributed by atoms with Gasteiger partial charge in [0.1, 0.15) is 11.8 Å². The number of hydrogen-bond acceptors (Lipinski definition) is 3. The number of nitrogens with zero attached hydrogens (tertiary/aromatic N) is 1. The van der Waals surface area contributed by atoms with E-state index in [2.05, 4.69) is 5.32 Å². The molecule has 120 valence electrons. The number of urea groups is 1. The van der Waals surface area contributed by atoms with E-state index in [-0.39, 0.29) is 5.91 Å². The zero-order valence-corrected chi connectivity index (χ0v) is 13.5. The number of benzene rings is 1. The number of nitrogens with one attached hydrogen (secondary N) is 1. The summed E-state index contributed by atoms with van der Waals surface area (Å²) < 4.78 is 5.21. The van der Waals surface area contributed by atoms with Crippen molar-refractivity contribution in [2.45, 2.75) is 33.2 Å². The van der Waals surface area contributed by atoms with Crippen molar-refractivity contribution in [2.24, 2.45) is 11.1 Å². The molecule has 6 nitrogen and oxygen atoms in total. The highest BCUT2D eigenvalue weighted by Gasteiger charge is 2.37. The number of fused-ring (bicyclic) bond motifs is 1. The maximum absolute atomic E-state index is 12.9. The van der Waals surface area contributed by atoms with Gasteiger partial charge in [-0.05, 0) is 35.6 Å². The van der Waals surface area contributed by atoms with E-state index >= 15 is 0 Å². The van der Waals surface area contributed by atoms with Crippen molar-refractivity contribution in [3.05, 3.63) is 23.8 Å². The van der Waals surface area contributed by atoms with Gasteiger partial charge in [0, 0.05) is 12.2 Å². The van der Waals surface area contributed by atoms with E-state index in [9.17, 15) is 9.59 Å². The maximum Gasteiger partial charge on any atom is 0.312 e. The molecule has 1 aliphatic heterocycles. The number of carbonyl (C=O) groups excluding carboxylic acids is 2. The lowest BCUT2D eigenvalue weighted by atomic mass is 9.86. The molecule has 0 aliphatic carbocycles. The van der Waals surface area contributed by atoms with Crippen LogP contribution >= 0.6 is 0 Å². The number of amides is 3. The Morgan fingerprint density at radius 3 is 2.59 bits per heavy atom. The third-order valence-electron chi connectivity index (χ3n) is 3.85. The molecule has 0 bridgehead atoms. The van der Waals surface area contributed by atoms with Crippen LogP contribution in [-0.4, -0.2) is 31.6 Å². The Morgan fingerprint density at radius 1 is 1.36 bits per heavy atom. The number of nitrogens with two attached hydrogens (primary N) is 1. The van der Waals surface area contributed by atoms with Crippen LogP contribution in [0.2, 0.25) is 0 Å². The minimum absolute atomic E-state index is 0.143. The van der Waals surface area contributed by atoms with Crippen LogP contribution in [0.4, 0.5) is 10.5 Å². The molecule has 0 unspecified atom stereocenters. The third kappa shape index (κ3) is 3.16. The molecule has 1 aliphatic rings. The van der Waals surface area contributed by atoms with Gasteiger partial charge < -0.3 is 20.7 Å². The van der Waals surface area contributed by atoms with Crippen molar-refractivity contribution in [1.82, 2.24) is 5.32 Å². The highest BCUT2D eigenvalue weighted by molar-refractivity contribution is 6.01. The summed E-state index contributed by atoms with van der Waals surface area (Å²) >= 11 is 0. The lowest BCUT2D eigenvalue weighted by Crippen LogP contribution is -2.55. The van der Waals surface area contributed by atoms with Crippen molar-refractivity contribution in [1.29, 1.82) is 0 Å². The molecule has 0 saturated heterocycles. The molecule has 2 rings (SSSR count). The van der Waals surface area contributed by atoms with Crippen LogP contribution in [0.25, 0.3) is 0 Å². The van der Waals surface area contributed by atoms with Crippen molar-refractivity contribution >= 4 is 17.6 Å². The minimum Gasteiger partial charge on any atom is -0.497 e. The fraction of sp³-hybridized carbons (Fsp3) is 0.500. The van der Waals surface area contributed by atoms with E-state index in [1.54, 1.807) is 12.0 Å². The quantitative estimate of drug-likeness (QED) is 0.891. The Bertz CT molecular complexity index is 593. The van der Waals surface area contributed by atoms with Crippen molar-refractivity contribution in [2.75, 3.05) is 18.6 Å². The van der Waals surface area contributed by atoms with Crippen molar-refractivity contribution in [3.8, 4) is 5.75 Å². The van der Waals surface area contributed by atoms with Gasteiger partial charge in [0.25, 0.3) is 0 Å². The molecule has 1 aromatic carbocycles. The summed E-state index contributed by atoms with van der Waals surface area (Å²) in [6.45, 7) is 6.29. The normalized spacial score (nSPS) is 15.2. The number of hydrogen-bond donors (Lipinski definition) is 2. The molecule has 1 heterocycles. The molecule has 1 aromatic rings. The summed E-state index contributed by atoms with van der Waals surface area (Å²) in [5, 5.41) is 2.57. The van der Waals surface area contributed by atoms with Gasteiger partial charge in [-0.25, -0.2) is 4.79 Å². The topological polar surface area (TPSA) is 84.7 Å². The number of rotatable bonds is 3. The van der Waals surface area contributed by atoms with Gasteiger partial charge >= 0.3 is 6.03 Å². The minimum atomic E-state index is -0.692. The SMILES string of the molecule is COc1ccc2c(c1)CCN2C(=O)[C@H](NC(N)=O)C(C)(C)C. The van der Waals surface area contributed by atoms with Crippen LogP contribution in [-0.2, 0) is 11.2 Å². The zero-order chi connectivity index (χ0) is 16.5. The first kappa shape index (κ1) is 16.1. The van der Waals surface area contributed by atoms with E-state index < -0.39 is 17.5 Å². The van der Waals surface area contributed by atoms with Gasteiger partial charge in [0.05, 0.1) is 7.11 Å². The summed E-state index contributed by atoms with van der Waals surface area (Å²) in [6, 6.07) is 4.29. The fourth-order valence-corrected chi connectivity index (χ4v) is 2.68. The van der Waals surface area contributed by atoms with Gasteiger partial charge in [-0.2, -0.15) is 0 Å². The van der Waals surface area contributed by atoms with Crippen LogP contribution in [0.5, 0.6) is 5.75 Å². The number of anilines is 1.